The van der Waals surface area contributed by atoms with Gasteiger partial charge in [0.25, 0.3) is 0 Å². The number of esters is 1. The van der Waals surface area contributed by atoms with Gasteiger partial charge in [0, 0.05) is 12.2 Å². The van der Waals surface area contributed by atoms with Crippen LogP contribution in [0, 0.1) is 13.8 Å². The second-order valence-electron chi connectivity index (χ2n) is 6.86. The first-order chi connectivity index (χ1) is 10.7. The van der Waals surface area contributed by atoms with Crippen LogP contribution < -0.4 is 5.73 Å². The lowest BCUT2D eigenvalue weighted by atomic mass is 10.1. The van der Waals surface area contributed by atoms with Crippen LogP contribution in [-0.4, -0.2) is 16.1 Å². The van der Waals surface area contributed by atoms with Crippen molar-refractivity contribution in [2.75, 3.05) is 5.73 Å². The fraction of sp³-hybridized carbons (Fsp3) is 0.421. The molecule has 0 fully saturated rings. The van der Waals surface area contributed by atoms with Crippen LogP contribution in [0.4, 0.5) is 5.82 Å². The number of carbonyl (C=O) groups is 1. The molecule has 0 bridgehead atoms. The van der Waals surface area contributed by atoms with E-state index in [4.69, 9.17) is 10.5 Å². The van der Waals surface area contributed by atoms with Crippen molar-refractivity contribution in [2.24, 2.45) is 0 Å². The molecule has 1 aromatic carbocycles. The molecule has 2 N–H and O–H groups in total. The molecule has 0 saturated heterocycles. The molecule has 0 amide bonds. The van der Waals surface area contributed by atoms with Gasteiger partial charge >= 0.3 is 5.97 Å². The second kappa shape index (κ2) is 6.49. The molecule has 0 saturated carbocycles. The van der Waals surface area contributed by atoms with Crippen LogP contribution in [0.5, 0.6) is 0 Å². The number of aryl methyl sites for hydroxylation is 1. The number of rotatable bonds is 4. The average Bonchev–Trinajstić information content (AvgIpc) is 2.67. The zero-order valence-electron chi connectivity index (χ0n) is 14.6. The fourth-order valence-corrected chi connectivity index (χ4v) is 2.65. The van der Waals surface area contributed by atoms with Crippen molar-refractivity contribution in [1.82, 2.24) is 4.57 Å². The van der Waals surface area contributed by atoms with Gasteiger partial charge in [-0.25, -0.2) is 4.79 Å². The molecule has 4 nitrogen and oxygen atoms in total. The summed E-state index contributed by atoms with van der Waals surface area (Å²) in [5, 5.41) is 0. The maximum Gasteiger partial charge on any atom is 0.342 e. The van der Waals surface area contributed by atoms with E-state index in [0.717, 1.165) is 24.2 Å². The lowest BCUT2D eigenvalue weighted by Crippen LogP contribution is -2.24. The van der Waals surface area contributed by atoms with Crippen molar-refractivity contribution in [3.8, 4) is 0 Å². The number of carbonyl (C=O) groups excluding carboxylic acids is 1. The van der Waals surface area contributed by atoms with Gasteiger partial charge in [-0.3, -0.25) is 0 Å². The molecule has 0 unspecified atom stereocenters. The number of benzene rings is 1. The Morgan fingerprint density at radius 2 is 1.78 bits per heavy atom. The Bertz CT molecular complexity index is 694. The SMILES string of the molecule is Cc1c(C(=O)OC(C)(C)C)c(N)n(CCc2ccccc2)c1C. The van der Waals surface area contributed by atoms with Crippen molar-refractivity contribution in [3.63, 3.8) is 0 Å². The van der Waals surface area contributed by atoms with E-state index in [9.17, 15) is 4.79 Å². The third-order valence-electron chi connectivity index (χ3n) is 3.94. The average molecular weight is 314 g/mol. The summed E-state index contributed by atoms with van der Waals surface area (Å²) < 4.78 is 7.49. The molecule has 124 valence electrons. The smallest absolute Gasteiger partial charge is 0.342 e. The summed E-state index contributed by atoms with van der Waals surface area (Å²) in [5.74, 6) is 0.138. The van der Waals surface area contributed by atoms with Crippen LogP contribution >= 0.6 is 0 Å². The van der Waals surface area contributed by atoms with E-state index < -0.39 is 5.60 Å². The van der Waals surface area contributed by atoms with Gasteiger partial charge in [0.1, 0.15) is 17.0 Å². The van der Waals surface area contributed by atoms with E-state index >= 15 is 0 Å². The minimum Gasteiger partial charge on any atom is -0.456 e. The van der Waals surface area contributed by atoms with E-state index in [0.29, 0.717) is 11.4 Å². The van der Waals surface area contributed by atoms with Crippen molar-refractivity contribution in [2.45, 2.75) is 53.2 Å². The normalized spacial score (nSPS) is 11.5. The molecule has 0 radical (unpaired) electrons. The van der Waals surface area contributed by atoms with Crippen LogP contribution in [0.1, 0.15) is 48.0 Å². The molecule has 23 heavy (non-hydrogen) atoms. The quantitative estimate of drug-likeness (QED) is 0.871. The Hall–Kier alpha value is -2.23. The number of nitrogens with two attached hydrogens (primary N) is 1. The summed E-state index contributed by atoms with van der Waals surface area (Å²) in [6, 6.07) is 10.2. The maximum absolute atomic E-state index is 12.4. The largest absolute Gasteiger partial charge is 0.456 e. The number of nitrogen functional groups attached to an aromatic ring is 1. The van der Waals surface area contributed by atoms with Gasteiger partial charge in [0.15, 0.2) is 0 Å². The number of hydrogen-bond acceptors (Lipinski definition) is 3. The summed E-state index contributed by atoms with van der Waals surface area (Å²) in [7, 11) is 0. The molecule has 2 aromatic rings. The van der Waals surface area contributed by atoms with Crippen LogP contribution in [0.2, 0.25) is 0 Å². The molecule has 0 atom stereocenters. The second-order valence-corrected chi connectivity index (χ2v) is 6.86. The highest BCUT2D eigenvalue weighted by Gasteiger charge is 2.26. The van der Waals surface area contributed by atoms with Gasteiger partial charge in [-0.2, -0.15) is 0 Å². The van der Waals surface area contributed by atoms with Gasteiger partial charge in [-0.15, -0.1) is 0 Å². The highest BCUT2D eigenvalue weighted by atomic mass is 16.6. The van der Waals surface area contributed by atoms with E-state index in [2.05, 4.69) is 12.1 Å². The summed E-state index contributed by atoms with van der Waals surface area (Å²) in [5.41, 5.74) is 9.36. The Morgan fingerprint density at radius 3 is 2.35 bits per heavy atom. The Labute approximate surface area is 138 Å². The highest BCUT2D eigenvalue weighted by Crippen LogP contribution is 2.27. The molecule has 1 heterocycles. The minimum absolute atomic E-state index is 0.353. The Kier molecular flexibility index (Phi) is 4.83. The van der Waals surface area contributed by atoms with E-state index in [1.807, 2.05) is 57.4 Å². The lowest BCUT2D eigenvalue weighted by molar-refractivity contribution is 0.00701. The summed E-state index contributed by atoms with van der Waals surface area (Å²) >= 11 is 0. The third kappa shape index (κ3) is 3.95. The van der Waals surface area contributed by atoms with Crippen molar-refractivity contribution < 1.29 is 9.53 Å². The van der Waals surface area contributed by atoms with Gasteiger partial charge in [-0.05, 0) is 52.2 Å². The van der Waals surface area contributed by atoms with Crippen molar-refractivity contribution in [1.29, 1.82) is 0 Å². The first-order valence-electron chi connectivity index (χ1n) is 7.93. The molecule has 0 aliphatic carbocycles. The van der Waals surface area contributed by atoms with Crippen LogP contribution in [0.3, 0.4) is 0 Å². The van der Waals surface area contributed by atoms with Gasteiger partial charge < -0.3 is 15.0 Å². The number of nitrogens with zero attached hydrogens (tertiary/aromatic N) is 1. The molecule has 1 aromatic heterocycles. The van der Waals surface area contributed by atoms with Crippen molar-refractivity contribution >= 4 is 11.8 Å². The Morgan fingerprint density at radius 1 is 1.17 bits per heavy atom. The first-order valence-corrected chi connectivity index (χ1v) is 7.93. The number of aromatic nitrogens is 1. The van der Waals surface area contributed by atoms with Crippen LogP contribution in [0.25, 0.3) is 0 Å². The topological polar surface area (TPSA) is 57.2 Å². The maximum atomic E-state index is 12.4. The summed E-state index contributed by atoms with van der Waals surface area (Å²) in [6.07, 6.45) is 0.869. The molecule has 0 spiro atoms. The molecule has 4 heteroatoms. The van der Waals surface area contributed by atoms with E-state index in [-0.39, 0.29) is 5.97 Å². The molecule has 2 rings (SSSR count). The van der Waals surface area contributed by atoms with E-state index in [1.54, 1.807) is 0 Å². The van der Waals surface area contributed by atoms with Crippen LogP contribution in [0.15, 0.2) is 30.3 Å². The molecule has 0 aliphatic rings. The number of ether oxygens (including phenoxy) is 1. The zero-order valence-corrected chi connectivity index (χ0v) is 14.6. The highest BCUT2D eigenvalue weighted by molar-refractivity contribution is 5.97. The monoisotopic (exact) mass is 314 g/mol. The van der Waals surface area contributed by atoms with E-state index in [1.165, 1.54) is 5.56 Å². The standard InChI is InChI=1S/C19H26N2O2/c1-13-14(2)21(12-11-15-9-7-6-8-10-15)17(20)16(13)18(22)23-19(3,4)5/h6-10H,11-12,20H2,1-5H3. The summed E-state index contributed by atoms with van der Waals surface area (Å²) in [4.78, 5) is 12.4. The third-order valence-corrected chi connectivity index (χ3v) is 3.94. The lowest BCUT2D eigenvalue weighted by Gasteiger charge is -2.19. The first kappa shape index (κ1) is 17.1. The van der Waals surface area contributed by atoms with Crippen LogP contribution in [-0.2, 0) is 17.7 Å². The zero-order chi connectivity index (χ0) is 17.2. The molecular formula is C19H26N2O2. The number of anilines is 1. The predicted octanol–water partition coefficient (Wildman–Crippen LogP) is 3.89. The van der Waals surface area contributed by atoms with Gasteiger partial charge in [-0.1, -0.05) is 30.3 Å². The molecular weight excluding hydrogens is 288 g/mol. The summed E-state index contributed by atoms with van der Waals surface area (Å²) in [6.45, 7) is 10.2. The van der Waals surface area contributed by atoms with Gasteiger partial charge in [0.2, 0.25) is 0 Å². The van der Waals surface area contributed by atoms with Gasteiger partial charge in [0.05, 0.1) is 0 Å². The number of hydrogen-bond donors (Lipinski definition) is 1. The fourth-order valence-electron chi connectivity index (χ4n) is 2.65. The predicted molar refractivity (Wildman–Crippen MR) is 93.6 cm³/mol. The Balaban J connectivity index is 2.25. The van der Waals surface area contributed by atoms with Crippen molar-refractivity contribution in [3.05, 3.63) is 52.7 Å². The molecule has 0 aliphatic heterocycles. The minimum atomic E-state index is -0.532.